The van der Waals surface area contributed by atoms with Crippen LogP contribution >= 0.6 is 0 Å². The molecule has 0 aromatic carbocycles. The van der Waals surface area contributed by atoms with Crippen molar-refractivity contribution in [1.29, 1.82) is 0 Å². The minimum atomic E-state index is 0.464. The minimum absolute atomic E-state index is 0.464. The van der Waals surface area contributed by atoms with Gasteiger partial charge < -0.3 is 0 Å². The molecule has 0 aliphatic carbocycles. The summed E-state index contributed by atoms with van der Waals surface area (Å²) in [4.78, 5) is 11.7. The summed E-state index contributed by atoms with van der Waals surface area (Å²) in [5.41, 5.74) is 0. The molecule has 0 saturated heterocycles. The molecule has 1 heteroatoms. The topological polar surface area (TPSA) is 17.1 Å². The van der Waals surface area contributed by atoms with Crippen LogP contribution in [0.15, 0.2) is 24.8 Å². The maximum absolute atomic E-state index is 11.7. The Morgan fingerprint density at radius 1 is 0.810 bits per heavy atom. The second-order valence-corrected chi connectivity index (χ2v) is 6.03. The summed E-state index contributed by atoms with van der Waals surface area (Å²) in [6.07, 6.45) is 22.6. The number of hydrogen-bond donors (Lipinski definition) is 0. The van der Waals surface area contributed by atoms with Crippen LogP contribution < -0.4 is 0 Å². The third kappa shape index (κ3) is 17.1. The fraction of sp³-hybridized carbons (Fsp3) is 0.750. The van der Waals surface area contributed by atoms with Crippen LogP contribution in [0.4, 0.5) is 0 Å². The summed E-state index contributed by atoms with van der Waals surface area (Å²) in [6.45, 7) is 5.90. The molecule has 0 fully saturated rings. The van der Waals surface area contributed by atoms with Crippen LogP contribution in [0.2, 0.25) is 0 Å². The monoisotopic (exact) mass is 292 g/mol. The fourth-order valence-corrected chi connectivity index (χ4v) is 2.53. The van der Waals surface area contributed by atoms with Crippen LogP contribution in [0.25, 0.3) is 0 Å². The predicted molar refractivity (Wildman–Crippen MR) is 94.7 cm³/mol. The molecule has 0 aromatic rings. The highest BCUT2D eigenvalue weighted by atomic mass is 16.1. The van der Waals surface area contributed by atoms with Crippen molar-refractivity contribution in [3.8, 4) is 0 Å². The van der Waals surface area contributed by atoms with Crippen LogP contribution in [-0.4, -0.2) is 5.78 Å². The molecule has 0 saturated carbocycles. The van der Waals surface area contributed by atoms with Crippen LogP contribution in [0.5, 0.6) is 0 Å². The second kappa shape index (κ2) is 17.2. The van der Waals surface area contributed by atoms with Gasteiger partial charge in [-0.15, -0.1) is 0 Å². The lowest BCUT2D eigenvalue weighted by Crippen LogP contribution is -1.97. The van der Waals surface area contributed by atoms with Crippen LogP contribution in [0, 0.1) is 0 Å². The van der Waals surface area contributed by atoms with Gasteiger partial charge in [0.15, 0.2) is 0 Å². The van der Waals surface area contributed by atoms with E-state index in [0.717, 1.165) is 38.5 Å². The van der Waals surface area contributed by atoms with E-state index in [1.165, 1.54) is 51.4 Å². The molecule has 0 N–H and O–H groups in total. The van der Waals surface area contributed by atoms with Gasteiger partial charge in [-0.3, -0.25) is 4.79 Å². The lowest BCUT2D eigenvalue weighted by Gasteiger charge is -2.02. The molecule has 0 atom stereocenters. The first-order valence-electron chi connectivity index (χ1n) is 9.10. The van der Waals surface area contributed by atoms with E-state index in [1.807, 2.05) is 6.08 Å². The van der Waals surface area contributed by atoms with Gasteiger partial charge in [-0.25, -0.2) is 0 Å². The average Bonchev–Trinajstić information content (AvgIpc) is 2.49. The summed E-state index contributed by atoms with van der Waals surface area (Å²) in [5.74, 6) is 0.464. The van der Waals surface area contributed by atoms with Crippen molar-refractivity contribution < 1.29 is 4.79 Å². The normalized spacial score (nSPS) is 11.1. The van der Waals surface area contributed by atoms with Gasteiger partial charge in [-0.05, 0) is 25.7 Å². The Balaban J connectivity index is 3.19. The van der Waals surface area contributed by atoms with Crippen molar-refractivity contribution in [3.63, 3.8) is 0 Å². The zero-order valence-corrected chi connectivity index (χ0v) is 14.2. The van der Waals surface area contributed by atoms with Gasteiger partial charge in [0.2, 0.25) is 0 Å². The lowest BCUT2D eigenvalue weighted by atomic mass is 10.0. The molecule has 0 spiro atoms. The van der Waals surface area contributed by atoms with Gasteiger partial charge in [-0.2, -0.15) is 0 Å². The second-order valence-electron chi connectivity index (χ2n) is 6.03. The standard InChI is InChI=1S/C20H36O/c1-3-5-7-9-11-12-13-15-17-19-20(21)18-16-14-10-8-6-4-2/h4,6,8H,2-3,5,7,9-19H2,1H3/b8-6+. The van der Waals surface area contributed by atoms with E-state index in [1.54, 1.807) is 6.08 Å². The van der Waals surface area contributed by atoms with Crippen molar-refractivity contribution in [2.45, 2.75) is 96.8 Å². The highest BCUT2D eigenvalue weighted by molar-refractivity contribution is 5.78. The number of Topliss-reactive ketones (excluding diaryl/α,β-unsaturated/α-hetero) is 1. The Hall–Kier alpha value is -0.850. The van der Waals surface area contributed by atoms with E-state index >= 15 is 0 Å². The number of ketones is 1. The number of rotatable bonds is 16. The van der Waals surface area contributed by atoms with Gasteiger partial charge in [0.05, 0.1) is 0 Å². The van der Waals surface area contributed by atoms with Crippen molar-refractivity contribution in [2.24, 2.45) is 0 Å². The average molecular weight is 293 g/mol. The van der Waals surface area contributed by atoms with Gasteiger partial charge in [0, 0.05) is 12.8 Å². The first-order valence-corrected chi connectivity index (χ1v) is 9.10. The van der Waals surface area contributed by atoms with Crippen molar-refractivity contribution in [2.75, 3.05) is 0 Å². The Labute approximate surface area is 132 Å². The van der Waals surface area contributed by atoms with Gasteiger partial charge in [-0.1, -0.05) is 83.1 Å². The zero-order chi connectivity index (χ0) is 15.6. The predicted octanol–water partition coefficient (Wildman–Crippen LogP) is 6.78. The van der Waals surface area contributed by atoms with Crippen LogP contribution in [0.1, 0.15) is 96.8 Å². The van der Waals surface area contributed by atoms with Crippen molar-refractivity contribution in [1.82, 2.24) is 0 Å². The Morgan fingerprint density at radius 3 is 1.90 bits per heavy atom. The van der Waals surface area contributed by atoms with Crippen LogP contribution in [0.3, 0.4) is 0 Å². The first kappa shape index (κ1) is 20.1. The molecule has 0 amide bonds. The summed E-state index contributed by atoms with van der Waals surface area (Å²) in [6, 6.07) is 0. The highest BCUT2D eigenvalue weighted by Crippen LogP contribution is 2.12. The molecule has 0 rings (SSSR count). The van der Waals surface area contributed by atoms with E-state index in [2.05, 4.69) is 19.6 Å². The SMILES string of the molecule is C=C/C=C/CCCCC(=O)CCCCCCCCCCC. The van der Waals surface area contributed by atoms with E-state index in [9.17, 15) is 4.79 Å². The quantitative estimate of drug-likeness (QED) is 0.226. The van der Waals surface area contributed by atoms with Crippen LogP contribution in [-0.2, 0) is 4.79 Å². The number of allylic oxidation sites excluding steroid dienone is 3. The third-order valence-corrected chi connectivity index (χ3v) is 3.91. The van der Waals surface area contributed by atoms with Crippen molar-refractivity contribution in [3.05, 3.63) is 24.8 Å². The molecule has 0 aliphatic heterocycles. The zero-order valence-electron chi connectivity index (χ0n) is 14.2. The molecule has 1 nitrogen and oxygen atoms in total. The molecular weight excluding hydrogens is 256 g/mol. The molecule has 0 heterocycles. The number of carbonyl (C=O) groups excluding carboxylic acids is 1. The maximum Gasteiger partial charge on any atom is 0.132 e. The number of unbranched alkanes of at least 4 members (excludes halogenated alkanes) is 10. The Morgan fingerprint density at radius 2 is 1.33 bits per heavy atom. The molecule has 0 aromatic heterocycles. The van der Waals surface area contributed by atoms with Gasteiger partial charge in [0.1, 0.15) is 5.78 Å². The summed E-state index contributed by atoms with van der Waals surface area (Å²) in [5, 5.41) is 0. The Bertz CT molecular complexity index is 265. The van der Waals surface area contributed by atoms with E-state index in [0.29, 0.717) is 5.78 Å². The molecule has 0 radical (unpaired) electrons. The molecule has 0 unspecified atom stereocenters. The molecule has 21 heavy (non-hydrogen) atoms. The molecular formula is C20H36O. The maximum atomic E-state index is 11.7. The lowest BCUT2D eigenvalue weighted by molar-refractivity contribution is -0.119. The molecule has 0 bridgehead atoms. The Kier molecular flexibility index (Phi) is 16.5. The minimum Gasteiger partial charge on any atom is -0.300 e. The fourth-order valence-electron chi connectivity index (χ4n) is 2.53. The van der Waals surface area contributed by atoms with E-state index < -0.39 is 0 Å². The first-order chi connectivity index (χ1) is 10.3. The third-order valence-electron chi connectivity index (χ3n) is 3.91. The van der Waals surface area contributed by atoms with Gasteiger partial charge in [0.25, 0.3) is 0 Å². The summed E-state index contributed by atoms with van der Waals surface area (Å²) < 4.78 is 0. The highest BCUT2D eigenvalue weighted by Gasteiger charge is 2.01. The number of carbonyl (C=O) groups is 1. The molecule has 122 valence electrons. The number of hydrogen-bond acceptors (Lipinski definition) is 1. The largest absolute Gasteiger partial charge is 0.300 e. The van der Waals surface area contributed by atoms with Gasteiger partial charge >= 0.3 is 0 Å². The molecule has 0 aliphatic rings. The van der Waals surface area contributed by atoms with E-state index in [-0.39, 0.29) is 0 Å². The summed E-state index contributed by atoms with van der Waals surface area (Å²) in [7, 11) is 0. The summed E-state index contributed by atoms with van der Waals surface area (Å²) >= 11 is 0. The van der Waals surface area contributed by atoms with Crippen molar-refractivity contribution >= 4 is 5.78 Å². The smallest absolute Gasteiger partial charge is 0.132 e. The van der Waals surface area contributed by atoms with E-state index in [4.69, 9.17) is 0 Å².